The molecular weight excluding hydrogens is 286 g/mol. The normalized spacial score (nSPS) is 11.6. The summed E-state index contributed by atoms with van der Waals surface area (Å²) in [5.74, 6) is 2.24. The topological polar surface area (TPSA) is 86.9 Å². The van der Waals surface area contributed by atoms with Gasteiger partial charge in [0, 0.05) is 30.4 Å². The van der Waals surface area contributed by atoms with Crippen LogP contribution in [0, 0.1) is 0 Å². The summed E-state index contributed by atoms with van der Waals surface area (Å²) in [6, 6.07) is 2.16. The molecule has 0 spiro atoms. The largest absolute Gasteiger partial charge is 0.324 e. The van der Waals surface area contributed by atoms with Gasteiger partial charge in [-0.1, -0.05) is 11.8 Å². The molecule has 0 radical (unpaired) electrons. The van der Waals surface area contributed by atoms with Gasteiger partial charge in [0.15, 0.2) is 5.16 Å². The summed E-state index contributed by atoms with van der Waals surface area (Å²) in [4.78, 5) is 8.69. The van der Waals surface area contributed by atoms with Crippen LogP contribution in [-0.2, 0) is 12.3 Å². The lowest BCUT2D eigenvalue weighted by Gasteiger charge is -2.12. The van der Waals surface area contributed by atoms with Gasteiger partial charge in [0.25, 0.3) is 0 Å². The Morgan fingerprint density at radius 2 is 2.19 bits per heavy atom. The predicted molar refractivity (Wildman–Crippen MR) is 80.8 cm³/mol. The highest BCUT2D eigenvalue weighted by molar-refractivity contribution is 7.98. The number of rotatable bonds is 5. The van der Waals surface area contributed by atoms with Crippen molar-refractivity contribution >= 4 is 17.5 Å². The Kier molecular flexibility index (Phi) is 3.89. The number of nitrogens with two attached hydrogens (primary N) is 1. The fourth-order valence-electron chi connectivity index (χ4n) is 2.15. The van der Waals surface area contributed by atoms with Crippen molar-refractivity contribution in [2.45, 2.75) is 37.3 Å². The lowest BCUT2D eigenvalue weighted by Crippen LogP contribution is -2.11. The molecule has 7 nitrogen and oxygen atoms in total. The Morgan fingerprint density at radius 1 is 1.33 bits per heavy atom. The molecule has 110 valence electrons. The van der Waals surface area contributed by atoms with Crippen molar-refractivity contribution in [2.24, 2.45) is 5.73 Å². The zero-order valence-electron chi connectivity index (χ0n) is 12.0. The average Bonchev–Trinajstić information content (AvgIpc) is 3.07. The van der Waals surface area contributed by atoms with E-state index >= 15 is 0 Å². The summed E-state index contributed by atoms with van der Waals surface area (Å²) < 4.78 is 3.98. The predicted octanol–water partition coefficient (Wildman–Crippen LogP) is 1.65. The quantitative estimate of drug-likeness (QED) is 0.721. The molecule has 0 aliphatic rings. The van der Waals surface area contributed by atoms with E-state index in [9.17, 15) is 0 Å². The molecule has 3 rings (SSSR count). The number of imidazole rings is 1. The number of thioether (sulfide) groups is 1. The molecule has 8 heteroatoms. The molecule has 21 heavy (non-hydrogen) atoms. The third-order valence-electron chi connectivity index (χ3n) is 3.07. The van der Waals surface area contributed by atoms with Crippen LogP contribution in [0.5, 0.6) is 0 Å². The van der Waals surface area contributed by atoms with Crippen molar-refractivity contribution in [2.75, 3.05) is 0 Å². The summed E-state index contributed by atoms with van der Waals surface area (Å²) in [6.45, 7) is 4.59. The Balaban J connectivity index is 1.80. The van der Waals surface area contributed by atoms with Crippen LogP contribution < -0.4 is 5.73 Å². The van der Waals surface area contributed by atoms with Gasteiger partial charge in [0.2, 0.25) is 5.78 Å². The highest BCUT2D eigenvalue weighted by Gasteiger charge is 2.14. The Labute approximate surface area is 126 Å². The first-order chi connectivity index (χ1) is 10.2. The molecule has 0 fully saturated rings. The molecule has 0 unspecified atom stereocenters. The van der Waals surface area contributed by atoms with Gasteiger partial charge in [-0.3, -0.25) is 4.40 Å². The van der Waals surface area contributed by atoms with E-state index in [4.69, 9.17) is 5.73 Å². The van der Waals surface area contributed by atoms with E-state index in [1.165, 1.54) is 0 Å². The molecule has 0 atom stereocenters. The molecule has 3 aromatic rings. The van der Waals surface area contributed by atoms with E-state index < -0.39 is 0 Å². The van der Waals surface area contributed by atoms with Crippen LogP contribution in [0.25, 0.3) is 5.78 Å². The van der Waals surface area contributed by atoms with Crippen molar-refractivity contribution in [1.29, 1.82) is 0 Å². The zero-order chi connectivity index (χ0) is 14.8. The van der Waals surface area contributed by atoms with Crippen LogP contribution in [0.4, 0.5) is 0 Å². The zero-order valence-corrected chi connectivity index (χ0v) is 12.8. The van der Waals surface area contributed by atoms with E-state index in [2.05, 4.69) is 38.6 Å². The second kappa shape index (κ2) is 5.82. The van der Waals surface area contributed by atoms with E-state index in [-0.39, 0.29) is 6.04 Å². The fourth-order valence-corrected chi connectivity index (χ4v) is 3.12. The number of fused-ring (bicyclic) bond motifs is 1. The maximum absolute atomic E-state index is 5.70. The van der Waals surface area contributed by atoms with Gasteiger partial charge in [-0.25, -0.2) is 9.97 Å². The molecular formula is C13H17N7S. The summed E-state index contributed by atoms with van der Waals surface area (Å²) in [5, 5.41) is 9.23. The number of nitrogens with zero attached hydrogens (tertiary/aromatic N) is 6. The minimum absolute atomic E-state index is 0.281. The molecule has 0 aliphatic carbocycles. The third-order valence-corrected chi connectivity index (χ3v) is 4.05. The van der Waals surface area contributed by atoms with Crippen LogP contribution in [-0.4, -0.2) is 29.1 Å². The second-order valence-electron chi connectivity index (χ2n) is 4.91. The Bertz CT molecular complexity index is 713. The maximum atomic E-state index is 5.70. The molecule has 0 aliphatic heterocycles. The van der Waals surface area contributed by atoms with Crippen molar-refractivity contribution < 1.29 is 0 Å². The SMILES string of the molecule is CC(C)n1c(CN)nnc1SCc1cn2cccnc2n1. The molecule has 3 aromatic heterocycles. The first kappa shape index (κ1) is 14.0. The molecule has 0 amide bonds. The van der Waals surface area contributed by atoms with E-state index in [0.717, 1.165) is 22.4 Å². The first-order valence-electron chi connectivity index (χ1n) is 6.74. The Hall–Kier alpha value is -1.93. The summed E-state index contributed by atoms with van der Waals surface area (Å²) in [6.07, 6.45) is 5.66. The third kappa shape index (κ3) is 2.77. The maximum Gasteiger partial charge on any atom is 0.233 e. The number of hydrogen-bond acceptors (Lipinski definition) is 6. The van der Waals surface area contributed by atoms with Crippen LogP contribution in [0.3, 0.4) is 0 Å². The highest BCUT2D eigenvalue weighted by atomic mass is 32.2. The lowest BCUT2D eigenvalue weighted by molar-refractivity contribution is 0.526. The van der Waals surface area contributed by atoms with Crippen LogP contribution >= 0.6 is 11.8 Å². The smallest absolute Gasteiger partial charge is 0.233 e. The minimum Gasteiger partial charge on any atom is -0.324 e. The van der Waals surface area contributed by atoms with Crippen molar-refractivity contribution in [3.8, 4) is 0 Å². The van der Waals surface area contributed by atoms with Gasteiger partial charge in [-0.15, -0.1) is 10.2 Å². The van der Waals surface area contributed by atoms with Crippen molar-refractivity contribution in [3.63, 3.8) is 0 Å². The Morgan fingerprint density at radius 3 is 2.90 bits per heavy atom. The molecule has 3 heterocycles. The van der Waals surface area contributed by atoms with Crippen LogP contribution in [0.2, 0.25) is 0 Å². The molecule has 0 aromatic carbocycles. The molecule has 0 bridgehead atoms. The monoisotopic (exact) mass is 303 g/mol. The minimum atomic E-state index is 0.281. The van der Waals surface area contributed by atoms with Gasteiger partial charge in [-0.05, 0) is 19.9 Å². The van der Waals surface area contributed by atoms with Crippen LogP contribution in [0.15, 0.2) is 29.8 Å². The highest BCUT2D eigenvalue weighted by Crippen LogP contribution is 2.24. The molecule has 0 saturated carbocycles. The van der Waals surface area contributed by atoms with Crippen molar-refractivity contribution in [1.82, 2.24) is 29.1 Å². The first-order valence-corrected chi connectivity index (χ1v) is 7.73. The van der Waals surface area contributed by atoms with Gasteiger partial charge >= 0.3 is 0 Å². The second-order valence-corrected chi connectivity index (χ2v) is 5.86. The summed E-state index contributed by atoms with van der Waals surface area (Å²) in [7, 11) is 0. The molecule has 0 saturated heterocycles. The van der Waals surface area contributed by atoms with E-state index in [1.807, 2.05) is 22.9 Å². The van der Waals surface area contributed by atoms with Gasteiger partial charge in [-0.2, -0.15) is 0 Å². The summed E-state index contributed by atoms with van der Waals surface area (Å²) >= 11 is 1.61. The summed E-state index contributed by atoms with van der Waals surface area (Å²) in [5.41, 5.74) is 6.67. The number of hydrogen-bond donors (Lipinski definition) is 1. The van der Waals surface area contributed by atoms with Crippen LogP contribution in [0.1, 0.15) is 31.4 Å². The van der Waals surface area contributed by atoms with Gasteiger partial charge in [0.1, 0.15) is 5.82 Å². The average molecular weight is 303 g/mol. The molecule has 2 N–H and O–H groups in total. The van der Waals surface area contributed by atoms with E-state index in [1.54, 1.807) is 18.0 Å². The fraction of sp³-hybridized carbons (Fsp3) is 0.385. The standard InChI is InChI=1S/C13H17N7S/c1-9(2)20-11(6-14)17-18-13(20)21-8-10-7-19-5-3-4-15-12(19)16-10/h3-5,7,9H,6,8,14H2,1-2H3. The van der Waals surface area contributed by atoms with Crippen molar-refractivity contribution in [3.05, 3.63) is 36.2 Å². The van der Waals surface area contributed by atoms with Gasteiger partial charge in [0.05, 0.1) is 12.2 Å². The lowest BCUT2D eigenvalue weighted by atomic mass is 10.4. The van der Waals surface area contributed by atoms with E-state index in [0.29, 0.717) is 12.3 Å². The number of aromatic nitrogens is 6. The van der Waals surface area contributed by atoms with Gasteiger partial charge < -0.3 is 10.3 Å².